The van der Waals surface area contributed by atoms with Gasteiger partial charge in [-0.15, -0.1) is 0 Å². The van der Waals surface area contributed by atoms with E-state index in [4.69, 9.17) is 4.74 Å². The van der Waals surface area contributed by atoms with Crippen LogP contribution in [0.25, 0.3) is 0 Å². The number of nitrogens with zero attached hydrogens (tertiary/aromatic N) is 2. The number of hydrogen-bond acceptors (Lipinski definition) is 4. The molecule has 0 bridgehead atoms. The highest BCUT2D eigenvalue weighted by molar-refractivity contribution is 4.66. The van der Waals surface area contributed by atoms with Gasteiger partial charge in [-0.05, 0) is 40.5 Å². The summed E-state index contributed by atoms with van der Waals surface area (Å²) in [6, 6.07) is 0.583. The third kappa shape index (κ3) is 6.43. The van der Waals surface area contributed by atoms with Crippen LogP contribution in [-0.2, 0) is 4.74 Å². The van der Waals surface area contributed by atoms with Crippen molar-refractivity contribution in [2.75, 3.05) is 60.0 Å². The quantitative estimate of drug-likeness (QED) is 0.633. The molecule has 1 atom stereocenters. The fourth-order valence-electron chi connectivity index (χ4n) is 2.09. The molecule has 1 heterocycles. The zero-order chi connectivity index (χ0) is 11.8. The summed E-state index contributed by atoms with van der Waals surface area (Å²) in [5.41, 5.74) is 0. The molecule has 1 aliphatic heterocycles. The Morgan fingerprint density at radius 1 is 1.31 bits per heavy atom. The Morgan fingerprint density at radius 2 is 2.00 bits per heavy atom. The lowest BCUT2D eigenvalue weighted by Gasteiger charge is -2.26. The maximum Gasteiger partial charge on any atom is 0.0594 e. The van der Waals surface area contributed by atoms with Gasteiger partial charge < -0.3 is 15.0 Å². The van der Waals surface area contributed by atoms with Gasteiger partial charge in [0.1, 0.15) is 0 Å². The fourth-order valence-corrected chi connectivity index (χ4v) is 2.09. The van der Waals surface area contributed by atoms with Gasteiger partial charge in [0.25, 0.3) is 0 Å². The second-order valence-corrected chi connectivity index (χ2v) is 4.92. The van der Waals surface area contributed by atoms with E-state index >= 15 is 0 Å². The molecule has 96 valence electrons. The molecule has 16 heavy (non-hydrogen) atoms. The van der Waals surface area contributed by atoms with Crippen LogP contribution >= 0.6 is 0 Å². The topological polar surface area (TPSA) is 27.7 Å². The summed E-state index contributed by atoms with van der Waals surface area (Å²) in [5.74, 6) is 0. The summed E-state index contributed by atoms with van der Waals surface area (Å²) < 4.78 is 5.33. The number of ether oxygens (including phenoxy) is 1. The maximum atomic E-state index is 5.33. The Morgan fingerprint density at radius 3 is 2.62 bits per heavy atom. The highest BCUT2D eigenvalue weighted by Gasteiger charge is 2.09. The van der Waals surface area contributed by atoms with Gasteiger partial charge in [-0.3, -0.25) is 4.90 Å². The van der Waals surface area contributed by atoms with Crippen LogP contribution in [0.4, 0.5) is 0 Å². The molecule has 4 heteroatoms. The highest BCUT2D eigenvalue weighted by Crippen LogP contribution is 1.97. The van der Waals surface area contributed by atoms with Crippen molar-refractivity contribution in [1.29, 1.82) is 0 Å². The summed E-state index contributed by atoms with van der Waals surface area (Å²) in [4.78, 5) is 4.71. The molecule has 1 aliphatic rings. The molecule has 0 saturated carbocycles. The molecule has 1 rings (SSSR count). The van der Waals surface area contributed by atoms with E-state index in [2.05, 4.69) is 36.1 Å². The van der Waals surface area contributed by atoms with E-state index in [1.165, 1.54) is 13.0 Å². The average molecular weight is 229 g/mol. The maximum absolute atomic E-state index is 5.33. The summed E-state index contributed by atoms with van der Waals surface area (Å²) in [6.07, 6.45) is 1.23. The van der Waals surface area contributed by atoms with Gasteiger partial charge in [0.05, 0.1) is 13.2 Å². The van der Waals surface area contributed by atoms with Gasteiger partial charge >= 0.3 is 0 Å². The lowest BCUT2D eigenvalue weighted by Crippen LogP contribution is -2.40. The van der Waals surface area contributed by atoms with Crippen molar-refractivity contribution in [1.82, 2.24) is 15.1 Å². The second-order valence-electron chi connectivity index (χ2n) is 4.92. The molecule has 0 aromatic heterocycles. The molecule has 0 spiro atoms. The van der Waals surface area contributed by atoms with Crippen molar-refractivity contribution < 1.29 is 4.74 Å². The van der Waals surface area contributed by atoms with Crippen molar-refractivity contribution in [3.63, 3.8) is 0 Å². The van der Waals surface area contributed by atoms with Crippen LogP contribution in [-0.4, -0.2) is 75.9 Å². The van der Waals surface area contributed by atoms with E-state index < -0.39 is 0 Å². The second kappa shape index (κ2) is 8.01. The fraction of sp³-hybridized carbons (Fsp3) is 1.00. The minimum absolute atomic E-state index is 0.583. The van der Waals surface area contributed by atoms with E-state index in [-0.39, 0.29) is 0 Å². The number of nitrogens with one attached hydrogen (secondary N) is 1. The molecule has 1 fully saturated rings. The SMILES string of the molecule is CC(CN(C)C)NCCCN1CCOCC1. The normalized spacial score (nSPS) is 20.2. The lowest BCUT2D eigenvalue weighted by molar-refractivity contribution is 0.0374. The lowest BCUT2D eigenvalue weighted by atomic mass is 10.3. The van der Waals surface area contributed by atoms with Crippen LogP contribution in [0.5, 0.6) is 0 Å². The van der Waals surface area contributed by atoms with E-state index in [9.17, 15) is 0 Å². The molecular formula is C12H27N3O. The van der Waals surface area contributed by atoms with Crippen molar-refractivity contribution in [3.8, 4) is 0 Å². The zero-order valence-corrected chi connectivity index (χ0v) is 11.0. The number of morpholine rings is 1. The predicted molar refractivity (Wildman–Crippen MR) is 67.9 cm³/mol. The van der Waals surface area contributed by atoms with Crippen molar-refractivity contribution in [2.24, 2.45) is 0 Å². The van der Waals surface area contributed by atoms with Gasteiger partial charge in [0, 0.05) is 25.7 Å². The summed E-state index contributed by atoms with van der Waals surface area (Å²) in [7, 11) is 4.23. The van der Waals surface area contributed by atoms with E-state index in [0.29, 0.717) is 6.04 Å². The minimum Gasteiger partial charge on any atom is -0.379 e. The molecule has 0 aromatic carbocycles. The van der Waals surface area contributed by atoms with Crippen LogP contribution in [0.2, 0.25) is 0 Å². The molecule has 1 saturated heterocycles. The van der Waals surface area contributed by atoms with E-state index in [1.807, 2.05) is 0 Å². The summed E-state index contributed by atoms with van der Waals surface area (Å²) in [6.45, 7) is 9.69. The van der Waals surface area contributed by atoms with E-state index in [1.54, 1.807) is 0 Å². The Balaban J connectivity index is 1.94. The van der Waals surface area contributed by atoms with Gasteiger partial charge in [-0.25, -0.2) is 0 Å². The average Bonchev–Trinajstić information content (AvgIpc) is 2.25. The summed E-state index contributed by atoms with van der Waals surface area (Å²) >= 11 is 0. The number of rotatable bonds is 7. The first-order chi connectivity index (χ1) is 7.68. The van der Waals surface area contributed by atoms with Crippen molar-refractivity contribution >= 4 is 0 Å². The van der Waals surface area contributed by atoms with Crippen LogP contribution < -0.4 is 5.32 Å². The molecule has 1 unspecified atom stereocenters. The van der Waals surface area contributed by atoms with Crippen LogP contribution in [0.15, 0.2) is 0 Å². The van der Waals surface area contributed by atoms with Crippen molar-refractivity contribution in [3.05, 3.63) is 0 Å². The van der Waals surface area contributed by atoms with Crippen LogP contribution in [0.1, 0.15) is 13.3 Å². The summed E-state index contributed by atoms with van der Waals surface area (Å²) in [5, 5.41) is 3.55. The first-order valence-corrected chi connectivity index (χ1v) is 6.36. The molecule has 0 aromatic rings. The predicted octanol–water partition coefficient (Wildman–Crippen LogP) is 0.248. The van der Waals surface area contributed by atoms with E-state index in [0.717, 1.165) is 39.4 Å². The number of hydrogen-bond donors (Lipinski definition) is 1. The minimum atomic E-state index is 0.583. The molecule has 0 aliphatic carbocycles. The van der Waals surface area contributed by atoms with Crippen LogP contribution in [0.3, 0.4) is 0 Å². The first kappa shape index (κ1) is 13.9. The first-order valence-electron chi connectivity index (χ1n) is 6.36. The smallest absolute Gasteiger partial charge is 0.0594 e. The Kier molecular flexibility index (Phi) is 6.96. The van der Waals surface area contributed by atoms with Gasteiger partial charge in [-0.2, -0.15) is 0 Å². The number of likely N-dealkylation sites (N-methyl/N-ethyl adjacent to an activating group) is 1. The monoisotopic (exact) mass is 229 g/mol. The molecule has 1 N–H and O–H groups in total. The highest BCUT2D eigenvalue weighted by atomic mass is 16.5. The van der Waals surface area contributed by atoms with Crippen LogP contribution in [0, 0.1) is 0 Å². The molecule has 0 radical (unpaired) electrons. The Bertz CT molecular complexity index is 170. The Hall–Kier alpha value is -0.160. The zero-order valence-electron chi connectivity index (χ0n) is 11.0. The van der Waals surface area contributed by atoms with Gasteiger partial charge in [-0.1, -0.05) is 0 Å². The van der Waals surface area contributed by atoms with Crippen molar-refractivity contribution in [2.45, 2.75) is 19.4 Å². The standard InChI is InChI=1S/C12H27N3O/c1-12(11-14(2)3)13-5-4-6-15-7-9-16-10-8-15/h12-13H,4-11H2,1-3H3. The van der Waals surface area contributed by atoms with Gasteiger partial charge in [0.2, 0.25) is 0 Å². The largest absolute Gasteiger partial charge is 0.379 e. The van der Waals surface area contributed by atoms with Gasteiger partial charge in [0.15, 0.2) is 0 Å². The third-order valence-electron chi connectivity index (χ3n) is 2.89. The Labute approximate surface area is 99.9 Å². The molecule has 0 amide bonds. The third-order valence-corrected chi connectivity index (χ3v) is 2.89. The molecular weight excluding hydrogens is 202 g/mol. The molecule has 4 nitrogen and oxygen atoms in total.